The summed E-state index contributed by atoms with van der Waals surface area (Å²) < 4.78 is 6.36. The molecular formula is C26H28N2O3. The van der Waals surface area contributed by atoms with Gasteiger partial charge in [-0.3, -0.25) is 14.5 Å². The molecule has 160 valence electrons. The van der Waals surface area contributed by atoms with Crippen molar-refractivity contribution in [1.29, 1.82) is 0 Å². The molecule has 0 aliphatic carbocycles. The zero-order valence-corrected chi connectivity index (χ0v) is 18.0. The minimum absolute atomic E-state index is 0.251. The van der Waals surface area contributed by atoms with Crippen molar-refractivity contribution in [3.05, 3.63) is 82.9 Å². The third kappa shape index (κ3) is 3.93. The summed E-state index contributed by atoms with van der Waals surface area (Å²) in [4.78, 5) is 27.9. The van der Waals surface area contributed by atoms with Crippen molar-refractivity contribution in [3.8, 4) is 0 Å². The lowest BCUT2D eigenvalue weighted by Gasteiger charge is -2.36. The molecular weight excluding hydrogens is 388 g/mol. The van der Waals surface area contributed by atoms with E-state index in [2.05, 4.69) is 13.8 Å². The summed E-state index contributed by atoms with van der Waals surface area (Å²) in [6.45, 7) is 5.04. The second-order valence-electron chi connectivity index (χ2n) is 8.57. The molecule has 2 heterocycles. The van der Waals surface area contributed by atoms with Crippen molar-refractivity contribution in [2.24, 2.45) is 5.92 Å². The first-order chi connectivity index (χ1) is 14.9. The molecule has 2 aromatic carbocycles. The van der Waals surface area contributed by atoms with E-state index in [1.165, 1.54) is 11.0 Å². The first-order valence-corrected chi connectivity index (χ1v) is 10.7. The monoisotopic (exact) mass is 416 g/mol. The van der Waals surface area contributed by atoms with Crippen molar-refractivity contribution in [3.63, 3.8) is 0 Å². The van der Waals surface area contributed by atoms with E-state index in [-0.39, 0.29) is 11.8 Å². The Morgan fingerprint density at radius 2 is 1.87 bits per heavy atom. The number of hydrogen-bond acceptors (Lipinski definition) is 4. The van der Waals surface area contributed by atoms with E-state index >= 15 is 0 Å². The van der Waals surface area contributed by atoms with E-state index in [1.54, 1.807) is 12.1 Å². The van der Waals surface area contributed by atoms with Gasteiger partial charge < -0.3 is 10.5 Å². The molecule has 1 atom stereocenters. The van der Waals surface area contributed by atoms with Crippen LogP contribution in [0, 0.1) is 5.92 Å². The fraction of sp³-hybridized carbons (Fsp3) is 0.308. The number of para-hydroxylation sites is 1. The maximum absolute atomic E-state index is 13.6. The fourth-order valence-corrected chi connectivity index (χ4v) is 4.56. The molecule has 2 aliphatic rings. The minimum atomic E-state index is -0.811. The molecule has 0 aromatic heterocycles. The van der Waals surface area contributed by atoms with Gasteiger partial charge in [-0.2, -0.15) is 0 Å². The summed E-state index contributed by atoms with van der Waals surface area (Å²) in [5.74, 6) is -0.274. The molecule has 0 saturated heterocycles. The zero-order valence-electron chi connectivity index (χ0n) is 18.0. The molecule has 31 heavy (non-hydrogen) atoms. The van der Waals surface area contributed by atoms with E-state index in [0.29, 0.717) is 43.2 Å². The number of imide groups is 1. The first kappa shape index (κ1) is 21.1. The molecule has 2 aromatic rings. The lowest BCUT2D eigenvalue weighted by Crippen LogP contribution is -2.45. The molecule has 5 heteroatoms. The summed E-state index contributed by atoms with van der Waals surface area (Å²) in [5, 5.41) is 0. The molecule has 4 rings (SSSR count). The maximum Gasteiger partial charge on any atom is 0.259 e. The van der Waals surface area contributed by atoms with Crippen molar-refractivity contribution in [2.45, 2.75) is 32.3 Å². The number of carbonyl (C=O) groups is 2. The number of anilines is 1. The zero-order chi connectivity index (χ0) is 22.0. The minimum Gasteiger partial charge on any atom is -0.398 e. The van der Waals surface area contributed by atoms with Crippen LogP contribution < -0.4 is 5.73 Å². The topological polar surface area (TPSA) is 72.6 Å². The van der Waals surface area contributed by atoms with Crippen LogP contribution in [0.3, 0.4) is 0 Å². The maximum atomic E-state index is 13.6. The van der Waals surface area contributed by atoms with Crippen LogP contribution in [0.2, 0.25) is 0 Å². The number of benzene rings is 2. The summed E-state index contributed by atoms with van der Waals surface area (Å²) in [5.41, 5.74) is 9.10. The standard InChI is InChI=1S/C26H28N2O3/c1-18(2)16-26(21-9-4-3-5-10-21)24-20(17-31-26)14-15-28(25(24)30)23(29)13-12-19-8-6-7-11-22(19)27/h3-13,18H,14-17,27H2,1-2H3/b13-12+. The molecule has 2 aliphatic heterocycles. The van der Waals surface area contributed by atoms with Gasteiger partial charge in [-0.25, -0.2) is 0 Å². The second kappa shape index (κ2) is 8.52. The van der Waals surface area contributed by atoms with E-state index in [0.717, 1.165) is 16.7 Å². The van der Waals surface area contributed by atoms with Crippen LogP contribution in [-0.4, -0.2) is 29.9 Å². The average Bonchev–Trinajstić information content (AvgIpc) is 3.13. The van der Waals surface area contributed by atoms with Gasteiger partial charge >= 0.3 is 0 Å². The van der Waals surface area contributed by atoms with Gasteiger partial charge in [-0.05, 0) is 47.6 Å². The first-order valence-electron chi connectivity index (χ1n) is 10.7. The quantitative estimate of drug-likeness (QED) is 0.582. The largest absolute Gasteiger partial charge is 0.398 e. The molecule has 1 unspecified atom stereocenters. The van der Waals surface area contributed by atoms with Crippen molar-refractivity contribution in [1.82, 2.24) is 4.90 Å². The average molecular weight is 417 g/mol. The molecule has 0 fully saturated rings. The van der Waals surface area contributed by atoms with Crippen LogP contribution in [0.5, 0.6) is 0 Å². The lowest BCUT2D eigenvalue weighted by molar-refractivity contribution is -0.141. The van der Waals surface area contributed by atoms with Crippen molar-refractivity contribution in [2.75, 3.05) is 18.9 Å². The molecule has 0 radical (unpaired) electrons. The highest BCUT2D eigenvalue weighted by molar-refractivity contribution is 6.11. The Hall–Kier alpha value is -3.18. The number of rotatable bonds is 5. The third-order valence-corrected chi connectivity index (χ3v) is 5.95. The molecule has 0 saturated carbocycles. The van der Waals surface area contributed by atoms with E-state index < -0.39 is 5.60 Å². The van der Waals surface area contributed by atoms with Gasteiger partial charge in [0.05, 0.1) is 12.2 Å². The third-order valence-electron chi connectivity index (χ3n) is 5.95. The Bertz CT molecular complexity index is 1060. The van der Waals surface area contributed by atoms with E-state index in [4.69, 9.17) is 10.5 Å². The Balaban J connectivity index is 1.66. The highest BCUT2D eigenvalue weighted by Gasteiger charge is 2.50. The highest BCUT2D eigenvalue weighted by Crippen LogP contribution is 2.48. The molecule has 2 amide bonds. The van der Waals surface area contributed by atoms with Crippen LogP contribution in [-0.2, 0) is 19.9 Å². The van der Waals surface area contributed by atoms with Crippen molar-refractivity contribution < 1.29 is 14.3 Å². The number of hydrogen-bond donors (Lipinski definition) is 1. The van der Waals surface area contributed by atoms with Crippen LogP contribution in [0.25, 0.3) is 6.08 Å². The van der Waals surface area contributed by atoms with E-state index in [9.17, 15) is 9.59 Å². The van der Waals surface area contributed by atoms with Gasteiger partial charge in [0.2, 0.25) is 0 Å². The van der Waals surface area contributed by atoms with Gasteiger partial charge in [0.25, 0.3) is 11.8 Å². The predicted molar refractivity (Wildman–Crippen MR) is 122 cm³/mol. The molecule has 2 N–H and O–H groups in total. The molecule has 0 bridgehead atoms. The lowest BCUT2D eigenvalue weighted by atomic mass is 9.77. The Kier molecular flexibility index (Phi) is 5.79. The van der Waals surface area contributed by atoms with Gasteiger partial charge in [0.1, 0.15) is 5.60 Å². The van der Waals surface area contributed by atoms with E-state index in [1.807, 2.05) is 48.5 Å². The second-order valence-corrected chi connectivity index (χ2v) is 8.57. The Labute approximate surface area is 183 Å². The highest BCUT2D eigenvalue weighted by atomic mass is 16.5. The molecule has 0 spiro atoms. The van der Waals surface area contributed by atoms with Gasteiger partial charge in [0, 0.05) is 18.3 Å². The number of amides is 2. The number of nitrogens with two attached hydrogens (primary N) is 1. The fourth-order valence-electron chi connectivity index (χ4n) is 4.56. The van der Waals surface area contributed by atoms with Crippen LogP contribution in [0.15, 0.2) is 71.8 Å². The van der Waals surface area contributed by atoms with Crippen LogP contribution in [0.1, 0.15) is 37.8 Å². The van der Waals surface area contributed by atoms with Gasteiger partial charge in [-0.1, -0.05) is 62.4 Å². The summed E-state index contributed by atoms with van der Waals surface area (Å²) in [6, 6.07) is 17.2. The number of carbonyl (C=O) groups excluding carboxylic acids is 2. The smallest absolute Gasteiger partial charge is 0.259 e. The Morgan fingerprint density at radius 1 is 1.16 bits per heavy atom. The number of nitrogens with zero attached hydrogens (tertiary/aromatic N) is 1. The summed E-state index contributed by atoms with van der Waals surface area (Å²) in [6.07, 6.45) is 4.41. The number of ether oxygens (including phenoxy) is 1. The summed E-state index contributed by atoms with van der Waals surface area (Å²) >= 11 is 0. The van der Waals surface area contributed by atoms with Crippen LogP contribution >= 0.6 is 0 Å². The van der Waals surface area contributed by atoms with Crippen molar-refractivity contribution >= 4 is 23.6 Å². The summed E-state index contributed by atoms with van der Waals surface area (Å²) in [7, 11) is 0. The molecule has 5 nitrogen and oxygen atoms in total. The Morgan fingerprint density at radius 3 is 2.58 bits per heavy atom. The van der Waals surface area contributed by atoms with Gasteiger partial charge in [-0.15, -0.1) is 0 Å². The normalized spacial score (nSPS) is 21.3. The van der Waals surface area contributed by atoms with Crippen LogP contribution in [0.4, 0.5) is 5.69 Å². The predicted octanol–water partition coefficient (Wildman–Crippen LogP) is 4.31. The number of nitrogen functional groups attached to an aromatic ring is 1. The van der Waals surface area contributed by atoms with Gasteiger partial charge in [0.15, 0.2) is 0 Å². The SMILES string of the molecule is CC(C)CC1(c2ccccc2)OCC2=C1C(=O)N(C(=O)/C=C/c1ccccc1N)CC2.